The molecule has 1 saturated heterocycles. The normalized spacial score (nSPS) is 15.7. The summed E-state index contributed by atoms with van der Waals surface area (Å²) in [5, 5.41) is 7.99. The molecule has 0 spiro atoms. The van der Waals surface area contributed by atoms with Gasteiger partial charge in [-0.15, -0.1) is 11.3 Å². The number of anilines is 2. The lowest BCUT2D eigenvalue weighted by Crippen LogP contribution is -2.40. The number of nitrogens with one attached hydrogen (secondary N) is 2. The second-order valence-electron chi connectivity index (χ2n) is 5.21. The number of carbonyl (C=O) groups excluding carboxylic acids is 1. The first-order valence-corrected chi connectivity index (χ1v) is 10.2. The number of amides is 2. The summed E-state index contributed by atoms with van der Waals surface area (Å²) in [5.41, 5.74) is 0.227. The highest BCUT2D eigenvalue weighted by Crippen LogP contribution is 2.27. The van der Waals surface area contributed by atoms with Crippen LogP contribution in [0.25, 0.3) is 0 Å². The van der Waals surface area contributed by atoms with E-state index >= 15 is 0 Å². The Labute approximate surface area is 154 Å². The molecule has 2 amide bonds. The number of hydrogen-bond acceptors (Lipinski definition) is 5. The van der Waals surface area contributed by atoms with E-state index in [1.165, 1.54) is 33.8 Å². The number of ether oxygens (including phenoxy) is 1. The molecule has 0 aliphatic carbocycles. The lowest BCUT2D eigenvalue weighted by atomic mass is 10.3. The van der Waals surface area contributed by atoms with Crippen molar-refractivity contribution in [2.45, 2.75) is 4.90 Å². The van der Waals surface area contributed by atoms with E-state index in [1.54, 1.807) is 6.07 Å². The number of benzene rings is 1. The Hall–Kier alpha value is -1.65. The van der Waals surface area contributed by atoms with Crippen molar-refractivity contribution in [1.29, 1.82) is 0 Å². The summed E-state index contributed by atoms with van der Waals surface area (Å²) in [5.74, 6) is 0. The van der Waals surface area contributed by atoms with Crippen molar-refractivity contribution in [3.63, 3.8) is 0 Å². The van der Waals surface area contributed by atoms with Gasteiger partial charge in [0, 0.05) is 13.1 Å². The van der Waals surface area contributed by atoms with E-state index in [2.05, 4.69) is 10.6 Å². The van der Waals surface area contributed by atoms with Crippen LogP contribution in [0.3, 0.4) is 0 Å². The fraction of sp³-hybridized carbons (Fsp3) is 0.267. The largest absolute Gasteiger partial charge is 0.379 e. The van der Waals surface area contributed by atoms with E-state index in [1.807, 2.05) is 11.4 Å². The smallest absolute Gasteiger partial charge is 0.324 e. The molecule has 0 atom stereocenters. The van der Waals surface area contributed by atoms with Crippen molar-refractivity contribution in [3.05, 3.63) is 40.7 Å². The van der Waals surface area contributed by atoms with Gasteiger partial charge in [-0.3, -0.25) is 5.32 Å². The maximum Gasteiger partial charge on any atom is 0.324 e. The summed E-state index contributed by atoms with van der Waals surface area (Å²) in [6, 6.07) is 7.31. The average Bonchev–Trinajstić information content (AvgIpc) is 3.10. The van der Waals surface area contributed by atoms with Crippen LogP contribution in [0, 0.1) is 0 Å². The second kappa shape index (κ2) is 7.71. The number of halogens is 1. The molecule has 1 fully saturated rings. The topological polar surface area (TPSA) is 87.7 Å². The molecule has 1 aromatic heterocycles. The summed E-state index contributed by atoms with van der Waals surface area (Å²) in [4.78, 5) is 12.1. The van der Waals surface area contributed by atoms with Gasteiger partial charge < -0.3 is 10.1 Å². The summed E-state index contributed by atoms with van der Waals surface area (Å²) >= 11 is 7.46. The van der Waals surface area contributed by atoms with Gasteiger partial charge in [-0.25, -0.2) is 13.2 Å². The fourth-order valence-corrected chi connectivity index (χ4v) is 4.52. The minimum Gasteiger partial charge on any atom is -0.379 e. The molecule has 134 valence electrons. The van der Waals surface area contributed by atoms with E-state index in [-0.39, 0.29) is 15.6 Å². The molecule has 0 saturated carbocycles. The Balaban J connectivity index is 1.79. The van der Waals surface area contributed by atoms with Gasteiger partial charge in [0.05, 0.1) is 33.8 Å². The Morgan fingerprint density at radius 2 is 1.96 bits per heavy atom. The van der Waals surface area contributed by atoms with Gasteiger partial charge in [0.2, 0.25) is 10.0 Å². The van der Waals surface area contributed by atoms with Gasteiger partial charge in [0.25, 0.3) is 0 Å². The van der Waals surface area contributed by atoms with Gasteiger partial charge in [-0.2, -0.15) is 4.31 Å². The maximum absolute atomic E-state index is 12.7. The molecule has 0 bridgehead atoms. The summed E-state index contributed by atoms with van der Waals surface area (Å²) in [6.07, 6.45) is 0. The van der Waals surface area contributed by atoms with Gasteiger partial charge in [-0.1, -0.05) is 11.6 Å². The molecule has 25 heavy (non-hydrogen) atoms. The Morgan fingerprint density at radius 1 is 1.20 bits per heavy atom. The van der Waals surface area contributed by atoms with Crippen molar-refractivity contribution in [2.24, 2.45) is 0 Å². The van der Waals surface area contributed by atoms with Crippen LogP contribution in [-0.4, -0.2) is 45.1 Å². The number of sulfonamides is 1. The third-order valence-corrected chi connectivity index (χ3v) is 6.56. The third kappa shape index (κ3) is 4.31. The number of nitrogens with zero attached hydrogens (tertiary/aromatic N) is 1. The van der Waals surface area contributed by atoms with E-state index in [9.17, 15) is 13.2 Å². The quantitative estimate of drug-likeness (QED) is 0.824. The lowest BCUT2D eigenvalue weighted by Gasteiger charge is -2.26. The molecule has 2 aromatic rings. The molecule has 0 radical (unpaired) electrons. The standard InChI is InChI=1S/C15H16ClN3O4S2/c16-12-4-3-11(25(21,22)19-5-7-23-8-6-19)10-13(12)17-15(20)18-14-2-1-9-24-14/h1-4,9-10H,5-8H2,(H2,17,18,20). The predicted molar refractivity (Wildman–Crippen MR) is 98.0 cm³/mol. The van der Waals surface area contributed by atoms with E-state index in [0.29, 0.717) is 31.3 Å². The van der Waals surface area contributed by atoms with Crippen LogP contribution in [0.1, 0.15) is 0 Å². The van der Waals surface area contributed by atoms with Crippen molar-refractivity contribution in [1.82, 2.24) is 4.31 Å². The van der Waals surface area contributed by atoms with E-state index < -0.39 is 16.1 Å². The zero-order chi connectivity index (χ0) is 17.9. The average molecular weight is 402 g/mol. The number of urea groups is 1. The van der Waals surface area contributed by atoms with Crippen LogP contribution >= 0.6 is 22.9 Å². The van der Waals surface area contributed by atoms with Crippen molar-refractivity contribution in [3.8, 4) is 0 Å². The number of thiophene rings is 1. The summed E-state index contributed by atoms with van der Waals surface area (Å²) in [6.45, 7) is 1.32. The molecule has 1 aliphatic rings. The van der Waals surface area contributed by atoms with Gasteiger partial charge in [-0.05, 0) is 35.7 Å². The van der Waals surface area contributed by atoms with Gasteiger partial charge in [0.1, 0.15) is 0 Å². The van der Waals surface area contributed by atoms with E-state index in [4.69, 9.17) is 16.3 Å². The Morgan fingerprint density at radius 3 is 2.64 bits per heavy atom. The van der Waals surface area contributed by atoms with Gasteiger partial charge >= 0.3 is 6.03 Å². The Kier molecular flexibility index (Phi) is 5.60. The molecule has 0 unspecified atom stereocenters. The minimum atomic E-state index is -3.66. The number of rotatable bonds is 4. The third-order valence-electron chi connectivity index (χ3n) is 3.55. The van der Waals surface area contributed by atoms with Crippen molar-refractivity contribution >= 4 is 49.7 Å². The maximum atomic E-state index is 12.7. The highest BCUT2D eigenvalue weighted by molar-refractivity contribution is 7.89. The minimum absolute atomic E-state index is 0.0743. The van der Waals surface area contributed by atoms with Crippen LogP contribution in [0.15, 0.2) is 40.6 Å². The zero-order valence-electron chi connectivity index (χ0n) is 13.1. The highest BCUT2D eigenvalue weighted by Gasteiger charge is 2.27. The number of morpholine rings is 1. The fourth-order valence-electron chi connectivity index (χ4n) is 2.31. The van der Waals surface area contributed by atoms with Crippen LogP contribution < -0.4 is 10.6 Å². The van der Waals surface area contributed by atoms with Crippen LogP contribution in [0.5, 0.6) is 0 Å². The molecule has 10 heteroatoms. The van der Waals surface area contributed by atoms with E-state index in [0.717, 1.165) is 0 Å². The first-order valence-electron chi connectivity index (χ1n) is 7.46. The molecule has 3 rings (SSSR count). The van der Waals surface area contributed by atoms with Gasteiger partial charge in [0.15, 0.2) is 0 Å². The van der Waals surface area contributed by atoms with Crippen LogP contribution in [0.4, 0.5) is 15.5 Å². The molecule has 2 N–H and O–H groups in total. The lowest BCUT2D eigenvalue weighted by molar-refractivity contribution is 0.0730. The summed E-state index contributed by atoms with van der Waals surface area (Å²) in [7, 11) is -3.66. The first kappa shape index (κ1) is 18.2. The molecular formula is C15H16ClN3O4S2. The molecule has 1 aromatic carbocycles. The summed E-state index contributed by atoms with van der Waals surface area (Å²) < 4.78 is 31.9. The Bertz CT molecular complexity index is 850. The SMILES string of the molecule is O=C(Nc1cccs1)Nc1cc(S(=O)(=O)N2CCOCC2)ccc1Cl. The predicted octanol–water partition coefficient (Wildman–Crippen LogP) is 3.07. The monoisotopic (exact) mass is 401 g/mol. The molecule has 7 nitrogen and oxygen atoms in total. The highest BCUT2D eigenvalue weighted by atomic mass is 35.5. The molecular weight excluding hydrogens is 386 g/mol. The number of hydrogen-bond donors (Lipinski definition) is 2. The van der Waals surface area contributed by atoms with Crippen LogP contribution in [0.2, 0.25) is 5.02 Å². The second-order valence-corrected chi connectivity index (χ2v) is 8.51. The van der Waals surface area contributed by atoms with Crippen LogP contribution in [-0.2, 0) is 14.8 Å². The molecule has 1 aliphatic heterocycles. The number of carbonyl (C=O) groups is 1. The zero-order valence-corrected chi connectivity index (χ0v) is 15.5. The van der Waals surface area contributed by atoms with Crippen molar-refractivity contribution in [2.75, 3.05) is 36.9 Å². The van der Waals surface area contributed by atoms with Crippen molar-refractivity contribution < 1.29 is 17.9 Å². The molecule has 2 heterocycles. The first-order chi connectivity index (χ1) is 12.0.